The van der Waals surface area contributed by atoms with Crippen molar-refractivity contribution < 1.29 is 18.7 Å². The topological polar surface area (TPSA) is 46.6 Å². The van der Waals surface area contributed by atoms with E-state index >= 15 is 0 Å². The first kappa shape index (κ1) is 22.6. The Hall–Kier alpha value is -2.61. The third-order valence-electron chi connectivity index (χ3n) is 4.67. The van der Waals surface area contributed by atoms with Gasteiger partial charge in [0, 0.05) is 15.1 Å². The molecule has 8 heteroatoms. The van der Waals surface area contributed by atoms with Crippen molar-refractivity contribution in [3.8, 4) is 5.75 Å². The number of carbonyl (C=O) groups is 2. The maximum absolute atomic E-state index is 13.4. The van der Waals surface area contributed by atoms with Crippen LogP contribution in [0.5, 0.6) is 5.75 Å². The number of halogens is 3. The van der Waals surface area contributed by atoms with Crippen molar-refractivity contribution in [2.24, 2.45) is 0 Å². The molecule has 1 aliphatic rings. The molecule has 32 heavy (non-hydrogen) atoms. The lowest BCUT2D eigenvalue weighted by Crippen LogP contribution is -2.27. The van der Waals surface area contributed by atoms with Gasteiger partial charge in [-0.25, -0.2) is 4.39 Å². The van der Waals surface area contributed by atoms with Gasteiger partial charge in [-0.3, -0.25) is 14.5 Å². The van der Waals surface area contributed by atoms with Crippen LogP contribution in [0.3, 0.4) is 0 Å². The molecule has 3 aromatic carbocycles. The second kappa shape index (κ2) is 9.90. The lowest BCUT2D eigenvalue weighted by atomic mass is 10.1. The zero-order valence-electron chi connectivity index (χ0n) is 16.6. The first-order valence-electron chi connectivity index (χ1n) is 9.55. The Bertz CT molecular complexity index is 1220. The van der Waals surface area contributed by atoms with Crippen LogP contribution in [0.15, 0.2) is 76.1 Å². The largest absolute Gasteiger partial charge is 0.488 e. The van der Waals surface area contributed by atoms with Crippen LogP contribution in [0, 0.1) is 5.82 Å². The summed E-state index contributed by atoms with van der Waals surface area (Å²) in [6.07, 6.45) is 1.64. The number of ether oxygens (including phenoxy) is 1. The van der Waals surface area contributed by atoms with Crippen molar-refractivity contribution in [3.63, 3.8) is 0 Å². The second-order valence-electron chi connectivity index (χ2n) is 7.00. The molecule has 3 aromatic rings. The Morgan fingerprint density at radius 1 is 1.03 bits per heavy atom. The van der Waals surface area contributed by atoms with Gasteiger partial charge in [-0.2, -0.15) is 0 Å². The average molecular weight is 533 g/mol. The fourth-order valence-electron chi connectivity index (χ4n) is 3.10. The van der Waals surface area contributed by atoms with E-state index in [-0.39, 0.29) is 30.1 Å². The lowest BCUT2D eigenvalue weighted by Gasteiger charge is -2.12. The molecule has 0 radical (unpaired) electrons. The average Bonchev–Trinajstić information content (AvgIpc) is 3.02. The molecule has 0 aromatic heterocycles. The summed E-state index contributed by atoms with van der Waals surface area (Å²) >= 11 is 10.2. The SMILES string of the molecule is O=C1SC(=Cc2cc(Br)ccc2OCc2cccc(F)c2)C(=O)N1Cc1ccc(Cl)cc1. The molecule has 0 atom stereocenters. The smallest absolute Gasteiger partial charge is 0.293 e. The monoisotopic (exact) mass is 531 g/mol. The summed E-state index contributed by atoms with van der Waals surface area (Å²) in [5.41, 5.74) is 2.12. The van der Waals surface area contributed by atoms with Crippen LogP contribution in [-0.4, -0.2) is 16.0 Å². The fourth-order valence-corrected chi connectivity index (χ4v) is 4.44. The molecule has 2 amide bonds. The molecule has 0 N–H and O–H groups in total. The van der Waals surface area contributed by atoms with Crippen LogP contribution in [0.25, 0.3) is 6.08 Å². The summed E-state index contributed by atoms with van der Waals surface area (Å²) in [6.45, 7) is 0.332. The van der Waals surface area contributed by atoms with Crippen LogP contribution < -0.4 is 4.74 Å². The zero-order valence-corrected chi connectivity index (χ0v) is 19.7. The number of imide groups is 1. The van der Waals surface area contributed by atoms with Gasteiger partial charge >= 0.3 is 0 Å². The molecular formula is C24H16BrClFNO3S. The van der Waals surface area contributed by atoms with Crippen LogP contribution in [-0.2, 0) is 17.9 Å². The van der Waals surface area contributed by atoms with E-state index in [1.54, 1.807) is 54.6 Å². The number of benzene rings is 3. The molecule has 4 rings (SSSR count). The first-order chi connectivity index (χ1) is 15.4. The second-order valence-corrected chi connectivity index (χ2v) is 9.34. The standard InChI is InChI=1S/C24H16BrClFNO3S/c25-18-6-9-21(31-14-16-2-1-3-20(27)10-16)17(11-18)12-22-23(29)28(24(30)32-22)13-15-4-7-19(26)8-5-15/h1-12H,13-14H2. The van der Waals surface area contributed by atoms with Gasteiger partial charge < -0.3 is 4.74 Å². The van der Waals surface area contributed by atoms with E-state index < -0.39 is 0 Å². The fraction of sp³-hybridized carbons (Fsp3) is 0.0833. The van der Waals surface area contributed by atoms with Gasteiger partial charge in [0.15, 0.2) is 0 Å². The molecule has 162 valence electrons. The molecule has 0 saturated carbocycles. The van der Waals surface area contributed by atoms with Gasteiger partial charge in [-0.15, -0.1) is 0 Å². The molecular weight excluding hydrogens is 517 g/mol. The molecule has 0 bridgehead atoms. The third kappa shape index (κ3) is 5.41. The predicted octanol–water partition coefficient (Wildman–Crippen LogP) is 7.06. The van der Waals surface area contributed by atoms with E-state index in [4.69, 9.17) is 16.3 Å². The normalized spacial score (nSPS) is 15.0. The Labute approximate surface area is 202 Å². The van der Waals surface area contributed by atoms with Crippen molar-refractivity contribution in [1.29, 1.82) is 0 Å². The van der Waals surface area contributed by atoms with Crippen molar-refractivity contribution in [1.82, 2.24) is 4.90 Å². The Balaban J connectivity index is 1.55. The third-order valence-corrected chi connectivity index (χ3v) is 6.32. The van der Waals surface area contributed by atoms with Gasteiger partial charge in [0.1, 0.15) is 18.2 Å². The number of carbonyl (C=O) groups excluding carboxylic acids is 2. The van der Waals surface area contributed by atoms with E-state index in [9.17, 15) is 14.0 Å². The van der Waals surface area contributed by atoms with E-state index in [2.05, 4.69) is 15.9 Å². The predicted molar refractivity (Wildman–Crippen MR) is 128 cm³/mol. The van der Waals surface area contributed by atoms with Gasteiger partial charge in [0.05, 0.1) is 11.4 Å². The van der Waals surface area contributed by atoms with Crippen LogP contribution in [0.4, 0.5) is 9.18 Å². The summed E-state index contributed by atoms with van der Waals surface area (Å²) in [5, 5.41) is 0.247. The van der Waals surface area contributed by atoms with Crippen molar-refractivity contribution in [2.45, 2.75) is 13.2 Å². The van der Waals surface area contributed by atoms with Crippen LogP contribution in [0.2, 0.25) is 5.02 Å². The summed E-state index contributed by atoms with van der Waals surface area (Å²) in [5.74, 6) is -0.190. The molecule has 0 unspecified atom stereocenters. The number of rotatable bonds is 6. The maximum Gasteiger partial charge on any atom is 0.293 e. The summed E-state index contributed by atoms with van der Waals surface area (Å²) in [7, 11) is 0. The zero-order chi connectivity index (χ0) is 22.7. The Morgan fingerprint density at radius 3 is 2.56 bits per heavy atom. The minimum Gasteiger partial charge on any atom is -0.488 e. The lowest BCUT2D eigenvalue weighted by molar-refractivity contribution is -0.123. The number of hydrogen-bond acceptors (Lipinski definition) is 4. The molecule has 1 fully saturated rings. The van der Waals surface area contributed by atoms with Gasteiger partial charge in [0.2, 0.25) is 0 Å². The van der Waals surface area contributed by atoms with E-state index in [0.29, 0.717) is 26.8 Å². The number of nitrogens with zero attached hydrogens (tertiary/aromatic N) is 1. The van der Waals surface area contributed by atoms with Crippen LogP contribution >= 0.6 is 39.3 Å². The summed E-state index contributed by atoms with van der Waals surface area (Å²) in [6, 6.07) is 18.5. The molecule has 1 aliphatic heterocycles. The van der Waals surface area contributed by atoms with E-state index in [1.807, 2.05) is 6.07 Å². The van der Waals surface area contributed by atoms with E-state index in [0.717, 1.165) is 21.8 Å². The van der Waals surface area contributed by atoms with Crippen molar-refractivity contribution >= 4 is 56.5 Å². The number of amides is 2. The highest BCUT2D eigenvalue weighted by Crippen LogP contribution is 2.36. The van der Waals surface area contributed by atoms with Crippen LogP contribution in [0.1, 0.15) is 16.7 Å². The highest BCUT2D eigenvalue weighted by molar-refractivity contribution is 9.10. The highest BCUT2D eigenvalue weighted by Gasteiger charge is 2.35. The number of hydrogen-bond donors (Lipinski definition) is 0. The van der Waals surface area contributed by atoms with Gasteiger partial charge in [-0.1, -0.05) is 51.8 Å². The van der Waals surface area contributed by atoms with Crippen molar-refractivity contribution in [3.05, 3.63) is 104 Å². The number of thioether (sulfide) groups is 1. The molecule has 0 aliphatic carbocycles. The summed E-state index contributed by atoms with van der Waals surface area (Å²) in [4.78, 5) is 26.9. The molecule has 4 nitrogen and oxygen atoms in total. The van der Waals surface area contributed by atoms with E-state index in [1.165, 1.54) is 17.0 Å². The Kier molecular flexibility index (Phi) is 6.98. The van der Waals surface area contributed by atoms with Gasteiger partial charge in [-0.05, 0) is 71.4 Å². The minimum atomic E-state index is -0.369. The highest BCUT2D eigenvalue weighted by atomic mass is 79.9. The maximum atomic E-state index is 13.4. The first-order valence-corrected chi connectivity index (χ1v) is 11.5. The molecule has 1 saturated heterocycles. The summed E-state index contributed by atoms with van der Waals surface area (Å²) < 4.78 is 20.1. The van der Waals surface area contributed by atoms with Gasteiger partial charge in [0.25, 0.3) is 11.1 Å². The minimum absolute atomic E-state index is 0.165. The van der Waals surface area contributed by atoms with Crippen molar-refractivity contribution in [2.75, 3.05) is 0 Å². The molecule has 1 heterocycles. The Morgan fingerprint density at radius 2 is 1.81 bits per heavy atom. The molecule has 0 spiro atoms. The quantitative estimate of drug-likeness (QED) is 0.319.